The van der Waals surface area contributed by atoms with Crippen molar-refractivity contribution in [2.45, 2.75) is 32.1 Å². The van der Waals surface area contributed by atoms with Crippen molar-refractivity contribution >= 4 is 22.8 Å². The zero-order valence-electron chi connectivity index (χ0n) is 14.7. The Kier molecular flexibility index (Phi) is 6.58. The molecule has 1 aliphatic rings. The third kappa shape index (κ3) is 4.82. The van der Waals surface area contributed by atoms with Gasteiger partial charge >= 0.3 is 0 Å². The second-order valence-electron chi connectivity index (χ2n) is 6.42. The first-order valence-corrected chi connectivity index (χ1v) is 8.62. The molecule has 1 unspecified atom stereocenters. The van der Waals surface area contributed by atoms with Gasteiger partial charge in [-0.1, -0.05) is 19.1 Å². The zero-order chi connectivity index (χ0) is 18.4. The average molecular weight is 344 g/mol. The summed E-state index contributed by atoms with van der Waals surface area (Å²) in [5, 5.41) is 19.3. The van der Waals surface area contributed by atoms with Crippen molar-refractivity contribution in [3.63, 3.8) is 0 Å². The summed E-state index contributed by atoms with van der Waals surface area (Å²) in [6.45, 7) is 6.06. The van der Waals surface area contributed by atoms with E-state index in [-0.39, 0.29) is 0 Å². The maximum absolute atomic E-state index is 8.93. The number of likely N-dealkylation sites (tertiary alicyclic amines) is 1. The van der Waals surface area contributed by atoms with Gasteiger partial charge < -0.3 is 29.3 Å². The van der Waals surface area contributed by atoms with Crippen LogP contribution in [0.1, 0.15) is 37.7 Å². The van der Waals surface area contributed by atoms with Gasteiger partial charge in [0.15, 0.2) is 0 Å². The van der Waals surface area contributed by atoms with E-state index in [4.69, 9.17) is 19.8 Å². The van der Waals surface area contributed by atoms with Crippen LogP contribution < -0.4 is 10.2 Å². The van der Waals surface area contributed by atoms with Crippen LogP contribution in [-0.2, 0) is 16.6 Å². The number of piperidine rings is 1. The SMILES string of the molecule is CCCN1CCCC(c2cccc3c2ccn3C)C1.O=C([O-])C(=O)[O-]. The van der Waals surface area contributed by atoms with Gasteiger partial charge in [0.2, 0.25) is 0 Å². The van der Waals surface area contributed by atoms with Crippen LogP contribution in [0.3, 0.4) is 0 Å². The summed E-state index contributed by atoms with van der Waals surface area (Å²) in [6.07, 6.45) is 6.13. The lowest BCUT2D eigenvalue weighted by Gasteiger charge is -2.33. The van der Waals surface area contributed by atoms with E-state index in [1.165, 1.54) is 49.8 Å². The first kappa shape index (κ1) is 19.0. The van der Waals surface area contributed by atoms with Crippen LogP contribution in [0.4, 0.5) is 0 Å². The summed E-state index contributed by atoms with van der Waals surface area (Å²) in [5.74, 6) is -3.66. The number of carboxylic acids is 2. The number of hydrogen-bond acceptors (Lipinski definition) is 5. The molecular formula is C19H24N2O4-2. The van der Waals surface area contributed by atoms with Crippen LogP contribution in [0.25, 0.3) is 10.9 Å². The first-order chi connectivity index (χ1) is 11.9. The van der Waals surface area contributed by atoms with E-state index < -0.39 is 11.9 Å². The fraction of sp³-hybridized carbons (Fsp3) is 0.474. The van der Waals surface area contributed by atoms with Crippen LogP contribution >= 0.6 is 0 Å². The first-order valence-electron chi connectivity index (χ1n) is 8.62. The fourth-order valence-electron chi connectivity index (χ4n) is 3.51. The van der Waals surface area contributed by atoms with Crippen molar-refractivity contribution in [1.82, 2.24) is 9.47 Å². The number of aromatic nitrogens is 1. The molecule has 136 valence electrons. The Hall–Kier alpha value is -2.34. The number of fused-ring (bicyclic) bond motifs is 1. The monoisotopic (exact) mass is 344 g/mol. The van der Waals surface area contributed by atoms with E-state index >= 15 is 0 Å². The van der Waals surface area contributed by atoms with Crippen molar-refractivity contribution in [2.24, 2.45) is 7.05 Å². The highest BCUT2D eigenvalue weighted by Gasteiger charge is 2.22. The van der Waals surface area contributed by atoms with Crippen molar-refractivity contribution < 1.29 is 19.8 Å². The molecule has 6 nitrogen and oxygen atoms in total. The van der Waals surface area contributed by atoms with E-state index in [0.29, 0.717) is 5.92 Å². The Morgan fingerprint density at radius 2 is 1.92 bits per heavy atom. The number of hydrogen-bond donors (Lipinski definition) is 0. The Morgan fingerprint density at radius 3 is 2.56 bits per heavy atom. The molecule has 6 heteroatoms. The molecule has 2 aromatic rings. The standard InChI is InChI=1S/C17H24N2.C2H2O4/c1-3-10-19-11-5-6-14(13-19)15-7-4-8-17-16(15)9-12-18(17)2;3-1(4)2(5)6/h4,7-9,12,14H,3,5-6,10-11,13H2,1-2H3;(H,3,4)(H,5,6)/p-2. The van der Waals surface area contributed by atoms with E-state index in [9.17, 15) is 0 Å². The fourth-order valence-corrected chi connectivity index (χ4v) is 3.51. The average Bonchev–Trinajstić information content (AvgIpc) is 2.97. The molecule has 0 saturated carbocycles. The maximum atomic E-state index is 8.93. The summed E-state index contributed by atoms with van der Waals surface area (Å²) in [6, 6.07) is 9.06. The molecule has 1 atom stereocenters. The predicted molar refractivity (Wildman–Crippen MR) is 91.6 cm³/mol. The number of aliphatic carboxylic acids is 2. The molecule has 1 fully saturated rings. The second-order valence-corrected chi connectivity index (χ2v) is 6.42. The third-order valence-electron chi connectivity index (χ3n) is 4.61. The third-order valence-corrected chi connectivity index (χ3v) is 4.61. The lowest BCUT2D eigenvalue weighted by Crippen LogP contribution is -2.42. The number of benzene rings is 1. The summed E-state index contributed by atoms with van der Waals surface area (Å²) in [5.41, 5.74) is 2.92. The highest BCUT2D eigenvalue weighted by atomic mass is 16.4. The van der Waals surface area contributed by atoms with Crippen molar-refractivity contribution in [1.29, 1.82) is 0 Å². The maximum Gasteiger partial charge on any atom is 0.0870 e. The molecule has 1 aromatic heterocycles. The molecule has 0 aliphatic carbocycles. The van der Waals surface area contributed by atoms with Gasteiger partial charge in [0, 0.05) is 30.7 Å². The minimum absolute atomic E-state index is 0.714. The Labute approximate surface area is 147 Å². The van der Waals surface area contributed by atoms with Gasteiger partial charge in [-0.3, -0.25) is 0 Å². The minimum Gasteiger partial charge on any atom is -0.543 e. The van der Waals surface area contributed by atoms with E-state index in [2.05, 4.69) is 53.9 Å². The van der Waals surface area contributed by atoms with E-state index in [1.807, 2.05) is 0 Å². The molecule has 25 heavy (non-hydrogen) atoms. The van der Waals surface area contributed by atoms with Gasteiger partial charge in [-0.2, -0.15) is 0 Å². The second kappa shape index (κ2) is 8.67. The number of carboxylic acid groups (broad SMARTS) is 2. The predicted octanol–water partition coefficient (Wildman–Crippen LogP) is 0.254. The molecule has 0 radical (unpaired) electrons. The van der Waals surface area contributed by atoms with E-state index in [0.717, 1.165) is 0 Å². The van der Waals surface area contributed by atoms with Crippen molar-refractivity contribution in [3.05, 3.63) is 36.0 Å². The Balaban J connectivity index is 0.000000326. The Morgan fingerprint density at radius 1 is 1.20 bits per heavy atom. The van der Waals surface area contributed by atoms with Crippen LogP contribution in [0.15, 0.2) is 30.5 Å². The summed E-state index contributed by atoms with van der Waals surface area (Å²) in [4.78, 5) is 20.5. The number of aryl methyl sites for hydroxylation is 1. The molecule has 1 aliphatic heterocycles. The topological polar surface area (TPSA) is 88.4 Å². The summed E-state index contributed by atoms with van der Waals surface area (Å²) >= 11 is 0. The van der Waals surface area contributed by atoms with Crippen LogP contribution in [0.5, 0.6) is 0 Å². The summed E-state index contributed by atoms with van der Waals surface area (Å²) < 4.78 is 2.23. The molecule has 0 bridgehead atoms. The molecule has 1 aromatic carbocycles. The molecule has 0 amide bonds. The minimum atomic E-state index is -2.19. The largest absolute Gasteiger partial charge is 0.543 e. The van der Waals surface area contributed by atoms with Gasteiger partial charge in [0.05, 0.1) is 11.9 Å². The lowest BCUT2D eigenvalue weighted by atomic mass is 9.88. The lowest BCUT2D eigenvalue weighted by molar-refractivity contribution is -0.345. The Bertz CT molecular complexity index is 724. The number of rotatable bonds is 3. The molecule has 1 saturated heterocycles. The molecule has 2 heterocycles. The quantitative estimate of drug-likeness (QED) is 0.745. The van der Waals surface area contributed by atoms with Crippen LogP contribution in [-0.4, -0.2) is 41.0 Å². The number of carbonyl (C=O) groups excluding carboxylic acids is 2. The van der Waals surface area contributed by atoms with Crippen molar-refractivity contribution in [2.75, 3.05) is 19.6 Å². The van der Waals surface area contributed by atoms with Crippen molar-refractivity contribution in [3.8, 4) is 0 Å². The normalized spacial score (nSPS) is 17.8. The molecular weight excluding hydrogens is 320 g/mol. The van der Waals surface area contributed by atoms with Crippen LogP contribution in [0, 0.1) is 0 Å². The van der Waals surface area contributed by atoms with Gasteiger partial charge in [-0.25, -0.2) is 0 Å². The molecule has 0 spiro atoms. The van der Waals surface area contributed by atoms with Gasteiger partial charge in [0.1, 0.15) is 0 Å². The van der Waals surface area contributed by atoms with Gasteiger partial charge in [-0.15, -0.1) is 0 Å². The highest BCUT2D eigenvalue weighted by Crippen LogP contribution is 2.32. The number of nitrogens with zero attached hydrogens (tertiary/aromatic N) is 2. The van der Waals surface area contributed by atoms with Gasteiger partial charge in [0.25, 0.3) is 0 Å². The molecule has 0 N–H and O–H groups in total. The van der Waals surface area contributed by atoms with E-state index in [1.54, 1.807) is 5.56 Å². The zero-order valence-corrected chi connectivity index (χ0v) is 14.7. The number of carbonyl (C=O) groups is 2. The van der Waals surface area contributed by atoms with Gasteiger partial charge in [-0.05, 0) is 56.0 Å². The molecule has 3 rings (SSSR count). The van der Waals surface area contributed by atoms with Crippen LogP contribution in [0.2, 0.25) is 0 Å². The smallest absolute Gasteiger partial charge is 0.0870 e. The highest BCUT2D eigenvalue weighted by molar-refractivity contribution is 6.25. The summed E-state index contributed by atoms with van der Waals surface area (Å²) in [7, 11) is 2.14.